The van der Waals surface area contributed by atoms with Gasteiger partial charge in [-0.2, -0.15) is 0 Å². The molecule has 23 heavy (non-hydrogen) atoms. The summed E-state index contributed by atoms with van der Waals surface area (Å²) in [5, 5.41) is 3.15. The Morgan fingerprint density at radius 2 is 1.91 bits per heavy atom. The molecular formula is C19H21FN2O. The van der Waals surface area contributed by atoms with E-state index < -0.39 is 0 Å². The number of amides is 1. The Bertz CT molecular complexity index is 687. The molecule has 4 heteroatoms. The maximum atomic E-state index is 13.5. The van der Waals surface area contributed by atoms with Crippen molar-refractivity contribution in [1.29, 1.82) is 0 Å². The number of rotatable bonds is 5. The van der Waals surface area contributed by atoms with Crippen molar-refractivity contribution in [2.24, 2.45) is 0 Å². The van der Waals surface area contributed by atoms with Crippen molar-refractivity contribution in [3.8, 4) is 0 Å². The first-order valence-corrected chi connectivity index (χ1v) is 8.08. The van der Waals surface area contributed by atoms with E-state index in [1.165, 1.54) is 11.6 Å². The second kappa shape index (κ2) is 7.38. The molecule has 1 N–H and O–H groups in total. The van der Waals surface area contributed by atoms with Crippen molar-refractivity contribution >= 4 is 11.6 Å². The first-order chi connectivity index (χ1) is 11.3. The predicted molar refractivity (Wildman–Crippen MR) is 89.8 cm³/mol. The molecule has 0 fully saturated rings. The fourth-order valence-electron chi connectivity index (χ4n) is 2.99. The van der Waals surface area contributed by atoms with Gasteiger partial charge in [0.1, 0.15) is 5.82 Å². The number of anilines is 1. The molecule has 0 atom stereocenters. The molecule has 1 aliphatic rings. The molecule has 0 radical (unpaired) electrons. The van der Waals surface area contributed by atoms with Crippen molar-refractivity contribution in [2.45, 2.75) is 25.8 Å². The molecule has 0 spiro atoms. The lowest BCUT2D eigenvalue weighted by atomic mass is 10.0. The normalized spacial score (nSPS) is 13.7. The van der Waals surface area contributed by atoms with Crippen LogP contribution < -0.4 is 10.2 Å². The molecule has 2 aromatic carbocycles. The minimum atomic E-state index is -0.212. The first-order valence-electron chi connectivity index (χ1n) is 8.08. The second-order valence-electron chi connectivity index (χ2n) is 5.80. The number of fused-ring (bicyclic) bond motifs is 1. The topological polar surface area (TPSA) is 32.3 Å². The van der Waals surface area contributed by atoms with Crippen LogP contribution in [0.5, 0.6) is 0 Å². The third kappa shape index (κ3) is 3.77. The number of nitrogens with one attached hydrogen (secondary N) is 1. The number of para-hydroxylation sites is 1. The van der Waals surface area contributed by atoms with E-state index in [0.29, 0.717) is 25.1 Å². The summed E-state index contributed by atoms with van der Waals surface area (Å²) in [5.74, 6) is -0.0885. The van der Waals surface area contributed by atoms with Crippen LogP contribution in [0.15, 0.2) is 48.5 Å². The van der Waals surface area contributed by atoms with E-state index in [9.17, 15) is 9.18 Å². The summed E-state index contributed by atoms with van der Waals surface area (Å²) >= 11 is 0. The molecular weight excluding hydrogens is 291 g/mol. The molecule has 120 valence electrons. The third-order valence-electron chi connectivity index (χ3n) is 4.20. The second-order valence-corrected chi connectivity index (χ2v) is 5.80. The lowest BCUT2D eigenvalue weighted by molar-refractivity contribution is -0.118. The molecule has 1 heterocycles. The quantitative estimate of drug-likeness (QED) is 0.859. The van der Waals surface area contributed by atoms with Gasteiger partial charge in [-0.1, -0.05) is 36.4 Å². The van der Waals surface area contributed by atoms with Gasteiger partial charge in [-0.25, -0.2) is 4.39 Å². The molecule has 1 amide bonds. The maximum Gasteiger partial charge on any atom is 0.228 e. The van der Waals surface area contributed by atoms with Crippen LogP contribution in [0.1, 0.15) is 24.0 Å². The number of aryl methyl sites for hydroxylation is 1. The number of halogens is 1. The molecule has 3 nitrogen and oxygen atoms in total. The Kier molecular flexibility index (Phi) is 5.03. The summed E-state index contributed by atoms with van der Waals surface area (Å²) in [6.07, 6.45) is 2.46. The molecule has 0 aromatic heterocycles. The summed E-state index contributed by atoms with van der Waals surface area (Å²) in [5.41, 5.74) is 2.91. The van der Waals surface area contributed by atoms with Crippen LogP contribution in [0, 0.1) is 5.82 Å². The van der Waals surface area contributed by atoms with Gasteiger partial charge in [0.15, 0.2) is 0 Å². The standard InChI is InChI=1S/C19H21FN2O/c20-17-9-3-1-7-16(17)14-21-12-11-19(23)22-13-5-8-15-6-2-4-10-18(15)22/h1-4,6-7,9-10,21H,5,8,11-14H2. The number of nitrogens with zero attached hydrogens (tertiary/aromatic N) is 1. The number of carbonyl (C=O) groups excluding carboxylic acids is 1. The van der Waals surface area contributed by atoms with E-state index in [4.69, 9.17) is 0 Å². The van der Waals surface area contributed by atoms with E-state index in [-0.39, 0.29) is 11.7 Å². The average Bonchev–Trinajstić information content (AvgIpc) is 2.59. The van der Waals surface area contributed by atoms with Gasteiger partial charge in [0, 0.05) is 37.3 Å². The maximum absolute atomic E-state index is 13.5. The Hall–Kier alpha value is -2.20. The summed E-state index contributed by atoms with van der Waals surface area (Å²) < 4.78 is 13.5. The predicted octanol–water partition coefficient (Wildman–Crippen LogP) is 3.28. The van der Waals surface area contributed by atoms with Crippen LogP contribution in [-0.2, 0) is 17.8 Å². The highest BCUT2D eigenvalue weighted by Gasteiger charge is 2.21. The van der Waals surface area contributed by atoms with Crippen LogP contribution in [0.4, 0.5) is 10.1 Å². The Balaban J connectivity index is 1.52. The Morgan fingerprint density at radius 1 is 1.13 bits per heavy atom. The highest BCUT2D eigenvalue weighted by molar-refractivity contribution is 5.94. The fourth-order valence-corrected chi connectivity index (χ4v) is 2.99. The molecule has 0 saturated heterocycles. The van der Waals surface area contributed by atoms with E-state index in [1.807, 2.05) is 29.2 Å². The lowest BCUT2D eigenvalue weighted by Crippen LogP contribution is -2.37. The molecule has 0 aliphatic carbocycles. The summed E-state index contributed by atoms with van der Waals surface area (Å²) in [6.45, 7) is 1.77. The van der Waals surface area contributed by atoms with Gasteiger partial charge in [-0.3, -0.25) is 4.79 Å². The van der Waals surface area contributed by atoms with Gasteiger partial charge in [0.05, 0.1) is 0 Å². The van der Waals surface area contributed by atoms with E-state index in [2.05, 4.69) is 11.4 Å². The van der Waals surface area contributed by atoms with Crippen LogP contribution in [-0.4, -0.2) is 19.0 Å². The van der Waals surface area contributed by atoms with Gasteiger partial charge in [0.25, 0.3) is 0 Å². The zero-order chi connectivity index (χ0) is 16.1. The average molecular weight is 312 g/mol. The zero-order valence-corrected chi connectivity index (χ0v) is 13.1. The van der Waals surface area contributed by atoms with Crippen molar-refractivity contribution < 1.29 is 9.18 Å². The summed E-state index contributed by atoms with van der Waals surface area (Å²) in [4.78, 5) is 14.3. The zero-order valence-electron chi connectivity index (χ0n) is 13.1. The van der Waals surface area contributed by atoms with Crippen molar-refractivity contribution in [3.05, 3.63) is 65.5 Å². The minimum absolute atomic E-state index is 0.123. The van der Waals surface area contributed by atoms with Gasteiger partial charge >= 0.3 is 0 Å². The van der Waals surface area contributed by atoms with Crippen molar-refractivity contribution in [2.75, 3.05) is 18.0 Å². The van der Waals surface area contributed by atoms with Gasteiger partial charge in [0.2, 0.25) is 5.91 Å². The first kappa shape index (κ1) is 15.7. The molecule has 0 bridgehead atoms. The SMILES string of the molecule is O=C(CCNCc1ccccc1F)N1CCCc2ccccc21. The van der Waals surface area contributed by atoms with Crippen LogP contribution in [0.2, 0.25) is 0 Å². The van der Waals surface area contributed by atoms with Crippen molar-refractivity contribution in [3.63, 3.8) is 0 Å². The van der Waals surface area contributed by atoms with Gasteiger partial charge < -0.3 is 10.2 Å². The third-order valence-corrected chi connectivity index (χ3v) is 4.20. The van der Waals surface area contributed by atoms with Crippen LogP contribution >= 0.6 is 0 Å². The van der Waals surface area contributed by atoms with E-state index in [1.54, 1.807) is 12.1 Å². The highest BCUT2D eigenvalue weighted by atomic mass is 19.1. The molecule has 1 aliphatic heterocycles. The number of benzene rings is 2. The minimum Gasteiger partial charge on any atom is -0.312 e. The van der Waals surface area contributed by atoms with Crippen molar-refractivity contribution in [1.82, 2.24) is 5.32 Å². The number of hydrogen-bond donors (Lipinski definition) is 1. The molecule has 0 saturated carbocycles. The molecule has 0 unspecified atom stereocenters. The monoisotopic (exact) mass is 312 g/mol. The van der Waals surface area contributed by atoms with Gasteiger partial charge in [-0.05, 0) is 30.5 Å². The van der Waals surface area contributed by atoms with Crippen LogP contribution in [0.3, 0.4) is 0 Å². The Morgan fingerprint density at radius 3 is 2.78 bits per heavy atom. The number of carbonyl (C=O) groups is 1. The van der Waals surface area contributed by atoms with Gasteiger partial charge in [-0.15, -0.1) is 0 Å². The molecule has 3 rings (SSSR count). The van der Waals surface area contributed by atoms with Crippen LogP contribution in [0.25, 0.3) is 0 Å². The smallest absolute Gasteiger partial charge is 0.228 e. The fraction of sp³-hybridized carbons (Fsp3) is 0.316. The largest absolute Gasteiger partial charge is 0.312 e. The summed E-state index contributed by atoms with van der Waals surface area (Å²) in [6, 6.07) is 14.8. The lowest BCUT2D eigenvalue weighted by Gasteiger charge is -2.29. The number of hydrogen-bond acceptors (Lipinski definition) is 2. The van der Waals surface area contributed by atoms with E-state index in [0.717, 1.165) is 25.1 Å². The highest BCUT2D eigenvalue weighted by Crippen LogP contribution is 2.26. The van der Waals surface area contributed by atoms with E-state index >= 15 is 0 Å². The Labute approximate surface area is 136 Å². The summed E-state index contributed by atoms with van der Waals surface area (Å²) in [7, 11) is 0. The molecule has 2 aromatic rings.